The Hall–Kier alpha value is -1.76. The van der Waals surface area contributed by atoms with Crippen molar-refractivity contribution in [2.75, 3.05) is 7.11 Å². The first-order valence-corrected chi connectivity index (χ1v) is 4.48. The van der Waals surface area contributed by atoms with Crippen LogP contribution in [0, 0.1) is 24.1 Å². The maximum atomic E-state index is 13.5. The molecule has 0 aromatic heterocycles. The van der Waals surface area contributed by atoms with Crippen molar-refractivity contribution in [3.05, 3.63) is 23.0 Å². The number of phenols is 1. The fraction of sp³-hybridized carbons (Fsp3) is 0.364. The van der Waals surface area contributed by atoms with Gasteiger partial charge in [-0.25, -0.2) is 0 Å². The van der Waals surface area contributed by atoms with E-state index in [0.29, 0.717) is 5.56 Å². The molecule has 1 aromatic carbocycles. The molecule has 15 heavy (non-hydrogen) atoms. The first kappa shape index (κ1) is 11.3. The molecule has 0 saturated heterocycles. The Bertz CT molecular complexity index is 424. The second-order valence-electron chi connectivity index (χ2n) is 3.33. The number of benzene rings is 1. The number of aryl methyl sites for hydroxylation is 1. The molecular weight excluding hydrogens is 197 g/mol. The molecule has 0 aliphatic rings. The predicted octanol–water partition coefficient (Wildman–Crippen LogP) is 2.48. The van der Waals surface area contributed by atoms with E-state index in [2.05, 4.69) is 0 Å². The van der Waals surface area contributed by atoms with Gasteiger partial charge in [0, 0.05) is 5.56 Å². The van der Waals surface area contributed by atoms with Gasteiger partial charge in [0.05, 0.1) is 19.1 Å². The maximum Gasteiger partial charge on any atom is 0.207 e. The van der Waals surface area contributed by atoms with Crippen molar-refractivity contribution in [2.45, 2.75) is 19.8 Å². The Balaban J connectivity index is 3.42. The number of nitrogens with zero attached hydrogens (tertiary/aromatic N) is 1. The topological polar surface area (TPSA) is 53.2 Å². The molecule has 0 spiro atoms. The molecule has 0 radical (unpaired) electrons. The summed E-state index contributed by atoms with van der Waals surface area (Å²) in [5, 5.41) is 18.2. The standard InChI is InChI=1S/C11H12FNO2/c1-6-4-8(7(2)5-13)10(14)9(12)11(6)15-3/h4,7,14H,1-3H3. The van der Waals surface area contributed by atoms with Crippen LogP contribution in [0.1, 0.15) is 24.0 Å². The van der Waals surface area contributed by atoms with Crippen LogP contribution < -0.4 is 4.74 Å². The summed E-state index contributed by atoms with van der Waals surface area (Å²) in [7, 11) is 1.33. The summed E-state index contributed by atoms with van der Waals surface area (Å²) in [6, 6.07) is 3.51. The summed E-state index contributed by atoms with van der Waals surface area (Å²) in [6.45, 7) is 3.26. The summed E-state index contributed by atoms with van der Waals surface area (Å²) in [4.78, 5) is 0. The predicted molar refractivity (Wildman–Crippen MR) is 53.4 cm³/mol. The van der Waals surface area contributed by atoms with Gasteiger partial charge < -0.3 is 9.84 Å². The van der Waals surface area contributed by atoms with Crippen molar-refractivity contribution in [3.63, 3.8) is 0 Å². The van der Waals surface area contributed by atoms with Crippen LogP contribution in [0.5, 0.6) is 11.5 Å². The third-order valence-electron chi connectivity index (χ3n) is 2.28. The van der Waals surface area contributed by atoms with Crippen molar-refractivity contribution in [3.8, 4) is 17.6 Å². The number of nitriles is 1. The van der Waals surface area contributed by atoms with E-state index < -0.39 is 17.5 Å². The van der Waals surface area contributed by atoms with Gasteiger partial charge in [-0.2, -0.15) is 9.65 Å². The van der Waals surface area contributed by atoms with E-state index in [1.54, 1.807) is 19.9 Å². The number of phenolic OH excluding ortho intramolecular Hbond substituents is 1. The lowest BCUT2D eigenvalue weighted by atomic mass is 9.98. The van der Waals surface area contributed by atoms with Gasteiger partial charge in [0.25, 0.3) is 0 Å². The molecule has 0 aliphatic carbocycles. The Kier molecular flexibility index (Phi) is 3.15. The molecule has 0 bridgehead atoms. The van der Waals surface area contributed by atoms with Crippen LogP contribution in [0.15, 0.2) is 6.07 Å². The van der Waals surface area contributed by atoms with Crippen LogP contribution >= 0.6 is 0 Å². The van der Waals surface area contributed by atoms with Crippen molar-refractivity contribution < 1.29 is 14.2 Å². The van der Waals surface area contributed by atoms with Crippen LogP contribution in [0.2, 0.25) is 0 Å². The molecule has 0 amide bonds. The van der Waals surface area contributed by atoms with Gasteiger partial charge >= 0.3 is 0 Å². The monoisotopic (exact) mass is 209 g/mol. The van der Waals surface area contributed by atoms with E-state index in [0.717, 1.165) is 0 Å². The highest BCUT2D eigenvalue weighted by Gasteiger charge is 2.19. The smallest absolute Gasteiger partial charge is 0.207 e. The number of hydrogen-bond donors (Lipinski definition) is 1. The summed E-state index contributed by atoms with van der Waals surface area (Å²) in [5.74, 6) is -1.86. The number of methoxy groups -OCH3 is 1. The molecule has 80 valence electrons. The molecule has 0 heterocycles. The van der Waals surface area contributed by atoms with Crippen molar-refractivity contribution >= 4 is 0 Å². The molecule has 4 heteroatoms. The van der Waals surface area contributed by atoms with Gasteiger partial charge in [-0.05, 0) is 25.5 Å². The number of aromatic hydroxyl groups is 1. The minimum Gasteiger partial charge on any atom is -0.504 e. The summed E-state index contributed by atoms with van der Waals surface area (Å²) < 4.78 is 18.3. The molecule has 1 N–H and O–H groups in total. The van der Waals surface area contributed by atoms with Crippen LogP contribution in [-0.2, 0) is 0 Å². The third-order valence-corrected chi connectivity index (χ3v) is 2.28. The van der Waals surface area contributed by atoms with E-state index in [1.165, 1.54) is 7.11 Å². The summed E-state index contributed by atoms with van der Waals surface area (Å²) >= 11 is 0. The van der Waals surface area contributed by atoms with Gasteiger partial charge in [0.15, 0.2) is 11.5 Å². The second kappa shape index (κ2) is 4.18. The third kappa shape index (κ3) is 1.86. The number of halogens is 1. The van der Waals surface area contributed by atoms with Crippen molar-refractivity contribution in [2.24, 2.45) is 0 Å². The normalized spacial score (nSPS) is 11.9. The maximum absolute atomic E-state index is 13.5. The molecule has 0 fully saturated rings. The number of ether oxygens (including phenoxy) is 1. The van der Waals surface area contributed by atoms with Crippen molar-refractivity contribution in [1.29, 1.82) is 5.26 Å². The molecule has 1 rings (SSSR count). The van der Waals surface area contributed by atoms with Gasteiger partial charge in [-0.3, -0.25) is 0 Å². The molecule has 1 unspecified atom stereocenters. The van der Waals surface area contributed by atoms with Gasteiger partial charge in [-0.1, -0.05) is 0 Å². The largest absolute Gasteiger partial charge is 0.504 e. The average Bonchev–Trinajstić information content (AvgIpc) is 2.23. The van der Waals surface area contributed by atoms with Gasteiger partial charge in [0.2, 0.25) is 5.82 Å². The van der Waals surface area contributed by atoms with Crippen LogP contribution in [0.3, 0.4) is 0 Å². The highest BCUT2D eigenvalue weighted by atomic mass is 19.1. The van der Waals surface area contributed by atoms with Gasteiger partial charge in [-0.15, -0.1) is 0 Å². The molecule has 1 atom stereocenters. The molecule has 0 saturated carbocycles. The first-order chi connectivity index (χ1) is 7.02. The molecule has 1 aromatic rings. The van der Waals surface area contributed by atoms with Crippen LogP contribution in [-0.4, -0.2) is 12.2 Å². The Morgan fingerprint density at radius 3 is 2.67 bits per heavy atom. The van der Waals surface area contributed by atoms with Crippen molar-refractivity contribution in [1.82, 2.24) is 0 Å². The van der Waals surface area contributed by atoms with E-state index in [9.17, 15) is 9.50 Å². The zero-order chi connectivity index (χ0) is 11.6. The Morgan fingerprint density at radius 1 is 1.60 bits per heavy atom. The Labute approximate surface area is 87.7 Å². The minimum absolute atomic E-state index is 0.0152. The molecular formula is C11H12FNO2. The van der Waals surface area contributed by atoms with Crippen LogP contribution in [0.25, 0.3) is 0 Å². The SMILES string of the molecule is COc1c(C)cc(C(C)C#N)c(O)c1F. The first-order valence-electron chi connectivity index (χ1n) is 4.48. The zero-order valence-electron chi connectivity index (χ0n) is 8.84. The number of hydrogen-bond acceptors (Lipinski definition) is 3. The van der Waals surface area contributed by atoms with E-state index in [1.807, 2.05) is 6.07 Å². The van der Waals surface area contributed by atoms with E-state index >= 15 is 0 Å². The molecule has 3 nitrogen and oxygen atoms in total. The van der Waals surface area contributed by atoms with Gasteiger partial charge in [0.1, 0.15) is 0 Å². The Morgan fingerprint density at radius 2 is 2.20 bits per heavy atom. The quantitative estimate of drug-likeness (QED) is 0.814. The highest BCUT2D eigenvalue weighted by Crippen LogP contribution is 2.36. The minimum atomic E-state index is -0.811. The van der Waals surface area contributed by atoms with Crippen LogP contribution in [0.4, 0.5) is 4.39 Å². The molecule has 0 aliphatic heterocycles. The lowest BCUT2D eigenvalue weighted by molar-refractivity contribution is 0.359. The lowest BCUT2D eigenvalue weighted by Crippen LogP contribution is -1.98. The lowest BCUT2D eigenvalue weighted by Gasteiger charge is -2.12. The fourth-order valence-corrected chi connectivity index (χ4v) is 1.42. The van der Waals surface area contributed by atoms with E-state index in [4.69, 9.17) is 10.00 Å². The van der Waals surface area contributed by atoms with E-state index in [-0.39, 0.29) is 11.3 Å². The zero-order valence-corrected chi connectivity index (χ0v) is 8.84. The average molecular weight is 209 g/mol. The summed E-state index contributed by atoms with van der Waals surface area (Å²) in [5.41, 5.74) is 0.846. The highest BCUT2D eigenvalue weighted by molar-refractivity contribution is 5.49. The fourth-order valence-electron chi connectivity index (χ4n) is 1.42. The second-order valence-corrected chi connectivity index (χ2v) is 3.33. The summed E-state index contributed by atoms with van der Waals surface area (Å²) in [6.07, 6.45) is 0. The number of rotatable bonds is 2.